The van der Waals surface area contributed by atoms with E-state index in [9.17, 15) is 0 Å². The fourth-order valence-electron chi connectivity index (χ4n) is 2.50. The summed E-state index contributed by atoms with van der Waals surface area (Å²) in [5.74, 6) is 3.94. The molecule has 0 saturated carbocycles. The minimum Gasteiger partial charge on any atom is -0.371 e. The Hall–Kier alpha value is -0.940. The van der Waals surface area contributed by atoms with Gasteiger partial charge in [-0.05, 0) is 30.5 Å². The maximum absolute atomic E-state index is 5.24. The first kappa shape index (κ1) is 19.1. The molecule has 1 aromatic rings. The van der Waals surface area contributed by atoms with Gasteiger partial charge in [0.1, 0.15) is 0 Å². The van der Waals surface area contributed by atoms with Crippen molar-refractivity contribution in [3.05, 3.63) is 28.7 Å². The highest BCUT2D eigenvalue weighted by molar-refractivity contribution is 14.0. The lowest BCUT2D eigenvalue weighted by Crippen LogP contribution is -2.40. The van der Waals surface area contributed by atoms with Crippen LogP contribution in [0.1, 0.15) is 6.42 Å². The summed E-state index contributed by atoms with van der Waals surface area (Å²) in [6.07, 6.45) is 6.42. The van der Waals surface area contributed by atoms with Crippen LogP contribution in [0.15, 0.2) is 33.7 Å². The molecule has 1 fully saturated rings. The first-order valence-electron chi connectivity index (χ1n) is 7.11. The van der Waals surface area contributed by atoms with E-state index in [4.69, 9.17) is 6.42 Å². The van der Waals surface area contributed by atoms with Gasteiger partial charge in [-0.2, -0.15) is 0 Å². The Morgan fingerprint density at radius 2 is 2.32 bits per heavy atom. The second-order valence-electron chi connectivity index (χ2n) is 5.09. The largest absolute Gasteiger partial charge is 0.371 e. The van der Waals surface area contributed by atoms with Gasteiger partial charge >= 0.3 is 0 Å². The van der Waals surface area contributed by atoms with Gasteiger partial charge in [0.15, 0.2) is 5.96 Å². The Balaban J connectivity index is 0.00000242. The molecule has 120 valence electrons. The van der Waals surface area contributed by atoms with Crippen molar-refractivity contribution in [1.82, 2.24) is 10.6 Å². The van der Waals surface area contributed by atoms with Crippen LogP contribution in [0.4, 0.5) is 5.69 Å². The number of nitrogens with one attached hydrogen (secondary N) is 2. The van der Waals surface area contributed by atoms with E-state index in [1.165, 1.54) is 12.1 Å². The second-order valence-corrected chi connectivity index (χ2v) is 6.01. The van der Waals surface area contributed by atoms with Crippen molar-refractivity contribution in [2.75, 3.05) is 38.1 Å². The number of guanidine groups is 1. The number of aliphatic imine (C=N–C) groups is 1. The van der Waals surface area contributed by atoms with E-state index in [-0.39, 0.29) is 24.0 Å². The van der Waals surface area contributed by atoms with E-state index in [1.807, 2.05) is 0 Å². The maximum Gasteiger partial charge on any atom is 0.191 e. The monoisotopic (exact) mass is 476 g/mol. The number of nitrogens with zero attached hydrogens (tertiary/aromatic N) is 2. The number of benzene rings is 1. The van der Waals surface area contributed by atoms with Gasteiger partial charge in [-0.1, -0.05) is 27.9 Å². The minimum absolute atomic E-state index is 0. The fraction of sp³-hybridized carbons (Fsp3) is 0.438. The second kappa shape index (κ2) is 9.95. The van der Waals surface area contributed by atoms with Crippen LogP contribution < -0.4 is 15.5 Å². The van der Waals surface area contributed by atoms with Crippen LogP contribution in [0.5, 0.6) is 0 Å². The van der Waals surface area contributed by atoms with Gasteiger partial charge in [-0.3, -0.25) is 4.99 Å². The topological polar surface area (TPSA) is 39.7 Å². The van der Waals surface area contributed by atoms with Crippen molar-refractivity contribution in [2.24, 2.45) is 10.9 Å². The maximum atomic E-state index is 5.24. The van der Waals surface area contributed by atoms with Crippen LogP contribution in [-0.2, 0) is 0 Å². The molecule has 0 amide bonds. The Morgan fingerprint density at radius 3 is 3.00 bits per heavy atom. The summed E-state index contributed by atoms with van der Waals surface area (Å²) in [4.78, 5) is 6.58. The van der Waals surface area contributed by atoms with Gasteiger partial charge in [-0.15, -0.1) is 30.4 Å². The molecule has 0 aromatic heterocycles. The Labute approximate surface area is 158 Å². The van der Waals surface area contributed by atoms with Gasteiger partial charge in [0.05, 0.1) is 6.54 Å². The summed E-state index contributed by atoms with van der Waals surface area (Å²) in [6, 6.07) is 8.47. The predicted molar refractivity (Wildman–Crippen MR) is 108 cm³/mol. The van der Waals surface area contributed by atoms with Crippen molar-refractivity contribution < 1.29 is 0 Å². The molecule has 1 aliphatic rings. The quantitative estimate of drug-likeness (QED) is 0.304. The zero-order valence-corrected chi connectivity index (χ0v) is 16.6. The summed E-state index contributed by atoms with van der Waals surface area (Å²) in [6.45, 7) is 3.57. The standard InChI is InChI=1S/C16H21BrN4.HI/c1-3-8-19-16(18-2)20-11-13-7-9-21(12-13)15-6-4-5-14(17)10-15;/h1,4-6,10,13H,7-9,11-12H2,2H3,(H2,18,19,20);1H. The molecule has 0 aliphatic carbocycles. The van der Waals surface area contributed by atoms with Crippen LogP contribution >= 0.6 is 39.9 Å². The van der Waals surface area contributed by atoms with E-state index in [0.717, 1.165) is 30.1 Å². The van der Waals surface area contributed by atoms with Gasteiger partial charge in [0, 0.05) is 36.8 Å². The van der Waals surface area contributed by atoms with Gasteiger partial charge in [-0.25, -0.2) is 0 Å². The van der Waals surface area contributed by atoms with Crippen molar-refractivity contribution in [1.29, 1.82) is 0 Å². The molecule has 1 unspecified atom stereocenters. The van der Waals surface area contributed by atoms with E-state index in [1.54, 1.807) is 7.05 Å². The third-order valence-corrected chi connectivity index (χ3v) is 4.09. The molecular weight excluding hydrogens is 455 g/mol. The lowest BCUT2D eigenvalue weighted by atomic mass is 10.1. The van der Waals surface area contributed by atoms with Crippen LogP contribution in [-0.4, -0.2) is 39.2 Å². The average Bonchev–Trinajstić information content (AvgIpc) is 2.96. The van der Waals surface area contributed by atoms with E-state index in [2.05, 4.69) is 66.6 Å². The molecule has 1 atom stereocenters. The number of anilines is 1. The Kier molecular flexibility index (Phi) is 8.64. The highest BCUT2D eigenvalue weighted by atomic mass is 127. The summed E-state index contributed by atoms with van der Waals surface area (Å²) >= 11 is 3.53. The first-order valence-corrected chi connectivity index (χ1v) is 7.90. The van der Waals surface area contributed by atoms with Crippen molar-refractivity contribution in [3.8, 4) is 12.3 Å². The lowest BCUT2D eigenvalue weighted by Gasteiger charge is -2.19. The molecular formula is C16H22BrIN4. The molecule has 0 bridgehead atoms. The average molecular weight is 477 g/mol. The highest BCUT2D eigenvalue weighted by Crippen LogP contribution is 2.25. The third kappa shape index (κ3) is 5.69. The van der Waals surface area contributed by atoms with Crippen molar-refractivity contribution in [2.45, 2.75) is 6.42 Å². The van der Waals surface area contributed by atoms with Crippen LogP contribution in [0.25, 0.3) is 0 Å². The molecule has 6 heteroatoms. The Morgan fingerprint density at radius 1 is 1.50 bits per heavy atom. The number of hydrogen-bond acceptors (Lipinski definition) is 2. The van der Waals surface area contributed by atoms with Gasteiger partial charge in [0.25, 0.3) is 0 Å². The molecule has 1 saturated heterocycles. The zero-order chi connectivity index (χ0) is 15.1. The predicted octanol–water partition coefficient (Wildman–Crippen LogP) is 2.69. The molecule has 1 aliphatic heterocycles. The number of rotatable bonds is 4. The van der Waals surface area contributed by atoms with Crippen LogP contribution in [0.2, 0.25) is 0 Å². The molecule has 0 radical (unpaired) electrons. The molecule has 22 heavy (non-hydrogen) atoms. The summed E-state index contributed by atoms with van der Waals surface area (Å²) < 4.78 is 1.13. The Bertz CT molecular complexity index is 541. The molecule has 2 rings (SSSR count). The normalized spacial score (nSPS) is 17.6. The van der Waals surface area contributed by atoms with Gasteiger partial charge in [0.2, 0.25) is 0 Å². The molecule has 4 nitrogen and oxygen atoms in total. The van der Waals surface area contributed by atoms with Crippen LogP contribution in [0, 0.1) is 18.3 Å². The van der Waals surface area contributed by atoms with E-state index < -0.39 is 0 Å². The molecule has 2 N–H and O–H groups in total. The number of hydrogen-bond donors (Lipinski definition) is 2. The van der Waals surface area contributed by atoms with Crippen LogP contribution in [0.3, 0.4) is 0 Å². The van der Waals surface area contributed by atoms with E-state index in [0.29, 0.717) is 12.5 Å². The lowest BCUT2D eigenvalue weighted by molar-refractivity contribution is 0.567. The highest BCUT2D eigenvalue weighted by Gasteiger charge is 2.22. The summed E-state index contributed by atoms with van der Waals surface area (Å²) in [5, 5.41) is 6.41. The van der Waals surface area contributed by atoms with E-state index >= 15 is 0 Å². The molecule has 1 aromatic carbocycles. The molecule has 0 spiro atoms. The van der Waals surface area contributed by atoms with Crippen molar-refractivity contribution in [3.63, 3.8) is 0 Å². The summed E-state index contributed by atoms with van der Waals surface area (Å²) in [5.41, 5.74) is 1.28. The zero-order valence-electron chi connectivity index (χ0n) is 12.7. The summed E-state index contributed by atoms with van der Waals surface area (Å²) in [7, 11) is 1.76. The smallest absolute Gasteiger partial charge is 0.191 e. The SMILES string of the molecule is C#CCNC(=NC)NCC1CCN(c2cccc(Br)c2)C1.I. The molecule has 1 heterocycles. The minimum atomic E-state index is 0. The first-order chi connectivity index (χ1) is 10.2. The van der Waals surface area contributed by atoms with Crippen molar-refractivity contribution >= 4 is 51.6 Å². The number of halogens is 2. The third-order valence-electron chi connectivity index (χ3n) is 3.60. The fourth-order valence-corrected chi connectivity index (χ4v) is 2.89. The number of terminal acetylenes is 1. The van der Waals surface area contributed by atoms with Gasteiger partial charge < -0.3 is 15.5 Å².